The predicted octanol–water partition coefficient (Wildman–Crippen LogP) is 2.84. The van der Waals surface area contributed by atoms with E-state index in [0.29, 0.717) is 20.7 Å². The van der Waals surface area contributed by atoms with Crippen LogP contribution in [-0.2, 0) is 10.8 Å². The van der Waals surface area contributed by atoms with E-state index in [1.165, 1.54) is 0 Å². The van der Waals surface area contributed by atoms with E-state index in [1.807, 2.05) is 6.92 Å². The van der Waals surface area contributed by atoms with Crippen molar-refractivity contribution in [2.45, 2.75) is 24.3 Å². The fourth-order valence-electron chi connectivity index (χ4n) is 1.03. The minimum absolute atomic E-state index is 0.0664. The average molecular weight is 266 g/mol. The smallest absolute Gasteiger partial charge is 0.0604 e. The molecule has 0 saturated heterocycles. The topological polar surface area (TPSA) is 43.1 Å². The number of hydrogen-bond donors (Lipinski definition) is 1. The van der Waals surface area contributed by atoms with Crippen molar-refractivity contribution < 1.29 is 4.21 Å². The van der Waals surface area contributed by atoms with Crippen molar-refractivity contribution in [3.8, 4) is 0 Å². The highest BCUT2D eigenvalue weighted by Gasteiger charge is 2.07. The molecule has 0 amide bonds. The maximum Gasteiger partial charge on any atom is 0.0604 e. The Morgan fingerprint density at radius 2 is 2.07 bits per heavy atom. The van der Waals surface area contributed by atoms with Crippen LogP contribution >= 0.6 is 23.2 Å². The summed E-state index contributed by atoms with van der Waals surface area (Å²) in [5, 5.41) is 0.910. The first-order valence-electron chi connectivity index (χ1n) is 4.59. The van der Waals surface area contributed by atoms with Gasteiger partial charge in [-0.25, -0.2) is 0 Å². The summed E-state index contributed by atoms with van der Waals surface area (Å²) in [6, 6.07) is 5.09. The number of rotatable bonds is 4. The number of halogens is 2. The molecule has 0 radical (unpaired) electrons. The van der Waals surface area contributed by atoms with Crippen molar-refractivity contribution in [1.82, 2.24) is 0 Å². The SMILES string of the molecule is CC(N)CCS(=O)c1ccc(Cl)c(Cl)c1. The Morgan fingerprint density at radius 1 is 1.40 bits per heavy atom. The number of hydrogen-bond acceptors (Lipinski definition) is 2. The minimum atomic E-state index is -1.05. The normalized spacial score (nSPS) is 14.9. The third-order valence-electron chi connectivity index (χ3n) is 1.91. The molecule has 1 rings (SSSR count). The molecular formula is C10H13Cl2NOS. The largest absolute Gasteiger partial charge is 0.328 e. The Morgan fingerprint density at radius 3 is 2.60 bits per heavy atom. The van der Waals surface area contributed by atoms with Crippen molar-refractivity contribution in [2.75, 3.05) is 5.75 Å². The zero-order chi connectivity index (χ0) is 11.4. The van der Waals surface area contributed by atoms with Crippen LogP contribution in [0.3, 0.4) is 0 Å². The van der Waals surface area contributed by atoms with E-state index in [0.717, 1.165) is 6.42 Å². The van der Waals surface area contributed by atoms with Gasteiger partial charge in [-0.3, -0.25) is 4.21 Å². The van der Waals surface area contributed by atoms with Gasteiger partial charge in [0, 0.05) is 16.7 Å². The highest BCUT2D eigenvalue weighted by atomic mass is 35.5. The quantitative estimate of drug-likeness (QED) is 0.910. The van der Waals surface area contributed by atoms with E-state index in [1.54, 1.807) is 18.2 Å². The van der Waals surface area contributed by atoms with Gasteiger partial charge in [0.2, 0.25) is 0 Å². The maximum atomic E-state index is 11.8. The van der Waals surface area contributed by atoms with E-state index in [9.17, 15) is 4.21 Å². The van der Waals surface area contributed by atoms with E-state index in [2.05, 4.69) is 0 Å². The molecule has 84 valence electrons. The van der Waals surface area contributed by atoms with Crippen molar-refractivity contribution in [2.24, 2.45) is 5.73 Å². The molecule has 2 N–H and O–H groups in total. The third-order valence-corrected chi connectivity index (χ3v) is 4.04. The van der Waals surface area contributed by atoms with Crippen molar-refractivity contribution in [1.29, 1.82) is 0 Å². The van der Waals surface area contributed by atoms with E-state index >= 15 is 0 Å². The lowest BCUT2D eigenvalue weighted by Gasteiger charge is -2.05. The molecule has 0 aliphatic carbocycles. The molecule has 2 nitrogen and oxygen atoms in total. The van der Waals surface area contributed by atoms with Crippen molar-refractivity contribution in [3.05, 3.63) is 28.2 Å². The molecular weight excluding hydrogens is 253 g/mol. The summed E-state index contributed by atoms with van der Waals surface area (Å²) in [5.41, 5.74) is 5.59. The van der Waals surface area contributed by atoms with Crippen LogP contribution in [0.2, 0.25) is 10.0 Å². The number of benzene rings is 1. The van der Waals surface area contributed by atoms with Gasteiger partial charge < -0.3 is 5.73 Å². The molecule has 1 aromatic rings. The third kappa shape index (κ3) is 4.11. The Hall–Kier alpha value is -0.0900. The van der Waals surface area contributed by atoms with Gasteiger partial charge in [-0.1, -0.05) is 23.2 Å². The molecule has 0 saturated carbocycles. The predicted molar refractivity (Wildman–Crippen MR) is 66.0 cm³/mol. The summed E-state index contributed by atoms with van der Waals surface area (Å²) in [6.45, 7) is 1.89. The van der Waals surface area contributed by atoms with Crippen LogP contribution in [0, 0.1) is 0 Å². The second-order valence-electron chi connectivity index (χ2n) is 3.39. The Labute approximate surface area is 102 Å². The van der Waals surface area contributed by atoms with Crippen LogP contribution in [0.4, 0.5) is 0 Å². The van der Waals surface area contributed by atoms with Crippen LogP contribution in [0.15, 0.2) is 23.1 Å². The van der Waals surface area contributed by atoms with E-state index < -0.39 is 10.8 Å². The molecule has 0 spiro atoms. The van der Waals surface area contributed by atoms with Gasteiger partial charge in [0.05, 0.1) is 20.8 Å². The number of nitrogens with two attached hydrogens (primary N) is 1. The Bertz CT molecular complexity index is 368. The van der Waals surface area contributed by atoms with Crippen LogP contribution < -0.4 is 5.73 Å². The lowest BCUT2D eigenvalue weighted by molar-refractivity contribution is 0.668. The standard InChI is InChI=1S/C10H13Cl2NOS/c1-7(13)4-5-15(14)8-2-3-9(11)10(12)6-8/h2-3,6-7H,4-5,13H2,1H3. The molecule has 5 heteroatoms. The van der Waals surface area contributed by atoms with Gasteiger partial charge in [0.25, 0.3) is 0 Å². The lowest BCUT2D eigenvalue weighted by atomic mass is 10.3. The fourth-order valence-corrected chi connectivity index (χ4v) is 2.68. The summed E-state index contributed by atoms with van der Waals surface area (Å²) in [5.74, 6) is 0.551. The molecule has 2 atom stereocenters. The second-order valence-corrected chi connectivity index (χ2v) is 5.78. The molecule has 0 bridgehead atoms. The van der Waals surface area contributed by atoms with Crippen LogP contribution in [0.25, 0.3) is 0 Å². The first-order valence-corrected chi connectivity index (χ1v) is 6.67. The van der Waals surface area contributed by atoms with Crippen molar-refractivity contribution in [3.63, 3.8) is 0 Å². The van der Waals surface area contributed by atoms with Crippen LogP contribution in [-0.4, -0.2) is 16.0 Å². The van der Waals surface area contributed by atoms with Gasteiger partial charge in [-0.2, -0.15) is 0 Å². The summed E-state index contributed by atoms with van der Waals surface area (Å²) >= 11 is 11.6. The van der Waals surface area contributed by atoms with Gasteiger partial charge in [0.15, 0.2) is 0 Å². The lowest BCUT2D eigenvalue weighted by Crippen LogP contribution is -2.17. The maximum absolute atomic E-state index is 11.8. The zero-order valence-electron chi connectivity index (χ0n) is 8.37. The van der Waals surface area contributed by atoms with Gasteiger partial charge in [-0.05, 0) is 31.5 Å². The molecule has 0 aliphatic rings. The molecule has 0 aliphatic heterocycles. The summed E-state index contributed by atoms with van der Waals surface area (Å²) < 4.78 is 11.8. The van der Waals surface area contributed by atoms with Crippen molar-refractivity contribution >= 4 is 34.0 Å². The summed E-state index contributed by atoms with van der Waals surface area (Å²) in [6.07, 6.45) is 0.729. The van der Waals surface area contributed by atoms with Crippen LogP contribution in [0.1, 0.15) is 13.3 Å². The average Bonchev–Trinajstić information content (AvgIpc) is 2.18. The first-order chi connectivity index (χ1) is 7.00. The molecule has 1 aromatic carbocycles. The Balaban J connectivity index is 2.70. The van der Waals surface area contributed by atoms with Gasteiger partial charge >= 0.3 is 0 Å². The molecule has 0 heterocycles. The molecule has 0 aromatic heterocycles. The Kier molecular flexibility index (Phi) is 5.06. The first kappa shape index (κ1) is 13.0. The molecule has 0 fully saturated rings. The van der Waals surface area contributed by atoms with Crippen LogP contribution in [0.5, 0.6) is 0 Å². The van der Waals surface area contributed by atoms with E-state index in [4.69, 9.17) is 28.9 Å². The molecule has 15 heavy (non-hydrogen) atoms. The highest BCUT2D eigenvalue weighted by molar-refractivity contribution is 7.85. The van der Waals surface area contributed by atoms with Gasteiger partial charge in [0.1, 0.15) is 0 Å². The zero-order valence-corrected chi connectivity index (χ0v) is 10.7. The monoisotopic (exact) mass is 265 g/mol. The fraction of sp³-hybridized carbons (Fsp3) is 0.400. The second kappa shape index (κ2) is 5.85. The highest BCUT2D eigenvalue weighted by Crippen LogP contribution is 2.24. The molecule has 2 unspecified atom stereocenters. The summed E-state index contributed by atoms with van der Waals surface area (Å²) in [7, 11) is -1.05. The van der Waals surface area contributed by atoms with E-state index in [-0.39, 0.29) is 6.04 Å². The van der Waals surface area contributed by atoms with Gasteiger partial charge in [-0.15, -0.1) is 0 Å². The summed E-state index contributed by atoms with van der Waals surface area (Å²) in [4.78, 5) is 0.699. The minimum Gasteiger partial charge on any atom is -0.328 e.